The van der Waals surface area contributed by atoms with Crippen molar-refractivity contribution in [3.05, 3.63) is 36.5 Å². The second kappa shape index (κ2) is 44.5. The van der Waals surface area contributed by atoms with Crippen LogP contribution in [-0.4, -0.2) is 193 Å². The predicted molar refractivity (Wildman–Crippen MR) is 305 cm³/mol. The van der Waals surface area contributed by atoms with Crippen molar-refractivity contribution in [1.29, 1.82) is 0 Å². The molecule has 3 rings (SSSR count). The molecule has 1 amide bonds. The molecule has 0 aliphatic carbocycles. The molecule has 0 aromatic heterocycles. The maximum Gasteiger partial charge on any atom is 0.220 e. The molecule has 0 radical (unpaired) electrons. The van der Waals surface area contributed by atoms with E-state index >= 15 is 0 Å². The maximum absolute atomic E-state index is 13.3. The Morgan fingerprint density at radius 3 is 1.30 bits per heavy atom. The molecule has 3 aliphatic heterocycles. The van der Waals surface area contributed by atoms with Crippen LogP contribution in [0.3, 0.4) is 0 Å². The molecule has 19 nitrogen and oxygen atoms in total. The first kappa shape index (κ1) is 72.3. The van der Waals surface area contributed by atoms with Gasteiger partial charge in [0.1, 0.15) is 73.2 Å². The van der Waals surface area contributed by atoms with Gasteiger partial charge in [-0.25, -0.2) is 0 Å². The molecule has 80 heavy (non-hydrogen) atoms. The van der Waals surface area contributed by atoms with Gasteiger partial charge in [-0.3, -0.25) is 4.79 Å². The van der Waals surface area contributed by atoms with Crippen LogP contribution in [0.15, 0.2) is 36.5 Å². The highest BCUT2D eigenvalue weighted by atomic mass is 16.8. The number of carbonyl (C=O) groups excluding carboxylic acids is 1. The van der Waals surface area contributed by atoms with Crippen molar-refractivity contribution in [2.45, 2.75) is 317 Å². The minimum Gasteiger partial charge on any atom is -0.394 e. The molecule has 3 fully saturated rings. The standard InChI is InChI=1S/C61H111NO18/c1-3-5-7-9-11-13-15-17-19-21-23-24-26-28-30-32-34-36-38-45(66)44(62-49(67)39-37-35-33-31-29-27-25-22-20-18-16-14-12-10-8-6-4-2)43-75-59-55(73)52(70)57(47(41-64)77-59)80-61-56(74)53(71)58(48(42-65)78-61)79-60-54(72)51(69)50(68)46(40-63)76-60/h12,14,18,20,36,38,44-48,50-61,63-66,68-74H,3-11,13,15-17,19,21-35,37,39-43H2,1-2H3,(H,62,67)/b14-12-,20-18-,38-36+. The molecule has 17 atom stereocenters. The number of hydrogen-bond acceptors (Lipinski definition) is 18. The zero-order valence-electron chi connectivity index (χ0n) is 48.8. The molecule has 12 N–H and O–H groups in total. The van der Waals surface area contributed by atoms with Gasteiger partial charge in [0.2, 0.25) is 5.91 Å². The Hall–Kier alpha value is -1.99. The van der Waals surface area contributed by atoms with Gasteiger partial charge in [-0.15, -0.1) is 0 Å². The lowest BCUT2D eigenvalue weighted by Crippen LogP contribution is -2.66. The number of hydrogen-bond donors (Lipinski definition) is 12. The average molecular weight is 1150 g/mol. The van der Waals surface area contributed by atoms with Crippen LogP contribution in [0, 0.1) is 0 Å². The number of carbonyl (C=O) groups is 1. The second-order valence-corrected chi connectivity index (χ2v) is 22.5. The van der Waals surface area contributed by atoms with E-state index in [1.165, 1.54) is 103 Å². The van der Waals surface area contributed by atoms with E-state index in [4.69, 9.17) is 28.4 Å². The van der Waals surface area contributed by atoms with Gasteiger partial charge in [0.15, 0.2) is 18.9 Å². The third-order valence-electron chi connectivity index (χ3n) is 15.7. The summed E-state index contributed by atoms with van der Waals surface area (Å²) in [6.45, 7) is 1.70. The minimum absolute atomic E-state index is 0.235. The third-order valence-corrected chi connectivity index (χ3v) is 15.7. The van der Waals surface area contributed by atoms with E-state index in [-0.39, 0.29) is 18.9 Å². The van der Waals surface area contributed by atoms with Crippen molar-refractivity contribution in [2.75, 3.05) is 26.4 Å². The molecule has 17 unspecified atom stereocenters. The van der Waals surface area contributed by atoms with Gasteiger partial charge in [-0.05, 0) is 51.4 Å². The Labute approximate surface area is 479 Å². The molecule has 19 heteroatoms. The molecular weight excluding hydrogens is 1030 g/mol. The normalized spacial score (nSPS) is 30.2. The molecule has 468 valence electrons. The van der Waals surface area contributed by atoms with Gasteiger partial charge >= 0.3 is 0 Å². The molecule has 0 bridgehead atoms. The summed E-state index contributed by atoms with van der Waals surface area (Å²) in [5.41, 5.74) is 0. The smallest absolute Gasteiger partial charge is 0.220 e. The Morgan fingerprint density at radius 2 is 0.825 bits per heavy atom. The summed E-state index contributed by atoms with van der Waals surface area (Å²) in [6, 6.07) is -0.976. The zero-order chi connectivity index (χ0) is 58.3. The van der Waals surface area contributed by atoms with Crippen LogP contribution >= 0.6 is 0 Å². The lowest BCUT2D eigenvalue weighted by atomic mass is 9.96. The summed E-state index contributed by atoms with van der Waals surface area (Å²) in [7, 11) is 0. The van der Waals surface area contributed by atoms with E-state index in [9.17, 15) is 61.0 Å². The molecule has 0 aromatic rings. The molecule has 3 saturated heterocycles. The van der Waals surface area contributed by atoms with E-state index in [0.717, 1.165) is 83.5 Å². The average Bonchev–Trinajstić information content (AvgIpc) is 3.50. The van der Waals surface area contributed by atoms with Crippen molar-refractivity contribution in [3.8, 4) is 0 Å². The monoisotopic (exact) mass is 1150 g/mol. The number of rotatable bonds is 46. The first-order chi connectivity index (χ1) is 38.8. The first-order valence-electron chi connectivity index (χ1n) is 31.2. The van der Waals surface area contributed by atoms with Crippen molar-refractivity contribution >= 4 is 5.91 Å². The SMILES string of the molecule is CCCCC/C=C\C/C=C\CCCCCCCCCC(=O)NC(COC1OC(CO)C(OC2OC(CO)C(OC3OC(CO)C(O)C(O)C3O)C(O)C2O)C(O)C1O)C(O)/C=C/CCCCCCCCCCCCCCCCCC. The Morgan fingerprint density at radius 1 is 0.450 bits per heavy atom. The van der Waals surface area contributed by atoms with Gasteiger partial charge in [0.25, 0.3) is 0 Å². The van der Waals surface area contributed by atoms with E-state index in [1.54, 1.807) is 6.08 Å². The van der Waals surface area contributed by atoms with Gasteiger partial charge in [-0.2, -0.15) is 0 Å². The topological polar surface area (TPSA) is 307 Å². The number of unbranched alkanes of at least 4 members (excludes halogenated alkanes) is 26. The summed E-state index contributed by atoms with van der Waals surface area (Å²) in [6.07, 6.45) is 21.1. The quantitative estimate of drug-likeness (QED) is 0.0242. The van der Waals surface area contributed by atoms with Gasteiger partial charge in [-0.1, -0.05) is 192 Å². The summed E-state index contributed by atoms with van der Waals surface area (Å²) in [4.78, 5) is 13.3. The second-order valence-electron chi connectivity index (χ2n) is 22.5. The zero-order valence-corrected chi connectivity index (χ0v) is 48.8. The minimum atomic E-state index is -1.98. The fourth-order valence-electron chi connectivity index (χ4n) is 10.5. The Balaban J connectivity index is 1.50. The van der Waals surface area contributed by atoms with Crippen molar-refractivity contribution in [1.82, 2.24) is 5.32 Å². The fourth-order valence-corrected chi connectivity index (χ4v) is 10.5. The predicted octanol–water partition coefficient (Wildman–Crippen LogP) is 6.10. The summed E-state index contributed by atoms with van der Waals surface area (Å²) >= 11 is 0. The largest absolute Gasteiger partial charge is 0.394 e. The van der Waals surface area contributed by atoms with Crippen molar-refractivity contribution in [3.63, 3.8) is 0 Å². The molecule has 0 aromatic carbocycles. The van der Waals surface area contributed by atoms with E-state index in [0.29, 0.717) is 6.42 Å². The summed E-state index contributed by atoms with van der Waals surface area (Å²) < 4.78 is 34.3. The lowest BCUT2D eigenvalue weighted by Gasteiger charge is -2.48. The summed E-state index contributed by atoms with van der Waals surface area (Å²) in [5.74, 6) is -0.284. The van der Waals surface area contributed by atoms with Crippen molar-refractivity contribution < 1.29 is 89.4 Å². The fraction of sp³-hybridized carbons (Fsp3) is 0.885. The van der Waals surface area contributed by atoms with Crippen LogP contribution in [0.1, 0.15) is 213 Å². The number of aliphatic hydroxyl groups excluding tert-OH is 11. The van der Waals surface area contributed by atoms with Crippen LogP contribution in [0.5, 0.6) is 0 Å². The third kappa shape index (κ3) is 27.8. The number of ether oxygens (including phenoxy) is 6. The van der Waals surface area contributed by atoms with E-state index < -0.39 is 124 Å². The maximum atomic E-state index is 13.3. The van der Waals surface area contributed by atoms with Crippen molar-refractivity contribution in [2.24, 2.45) is 0 Å². The van der Waals surface area contributed by atoms with E-state index in [2.05, 4.69) is 43.5 Å². The highest BCUT2D eigenvalue weighted by Gasteiger charge is 2.53. The lowest BCUT2D eigenvalue weighted by molar-refractivity contribution is -0.379. The van der Waals surface area contributed by atoms with E-state index in [1.807, 2.05) is 6.08 Å². The molecule has 3 heterocycles. The molecule has 3 aliphatic rings. The number of aliphatic hydroxyl groups is 11. The first-order valence-corrected chi connectivity index (χ1v) is 31.2. The molecule has 0 saturated carbocycles. The molecular formula is C61H111NO18. The van der Waals surface area contributed by atoms with Gasteiger partial charge in [0.05, 0.1) is 38.6 Å². The highest BCUT2D eigenvalue weighted by Crippen LogP contribution is 2.33. The van der Waals surface area contributed by atoms with Gasteiger partial charge < -0.3 is 89.9 Å². The number of amides is 1. The molecule has 0 spiro atoms. The van der Waals surface area contributed by atoms with Gasteiger partial charge in [0, 0.05) is 6.42 Å². The number of nitrogens with one attached hydrogen (secondary N) is 1. The van der Waals surface area contributed by atoms with Crippen LogP contribution in [0.25, 0.3) is 0 Å². The number of allylic oxidation sites excluding steroid dienone is 5. The van der Waals surface area contributed by atoms with Crippen LogP contribution in [-0.2, 0) is 33.2 Å². The Bertz CT molecular complexity index is 1600. The van der Waals surface area contributed by atoms with Crippen LogP contribution < -0.4 is 5.32 Å². The highest BCUT2D eigenvalue weighted by molar-refractivity contribution is 5.76. The Kier molecular flexibility index (Phi) is 40.2. The van der Waals surface area contributed by atoms with Crippen LogP contribution in [0.4, 0.5) is 0 Å². The summed E-state index contributed by atoms with van der Waals surface area (Å²) in [5, 5.41) is 120. The van der Waals surface area contributed by atoms with Crippen LogP contribution in [0.2, 0.25) is 0 Å².